The third-order valence-corrected chi connectivity index (χ3v) is 6.25. The number of β-amino-alcohol motifs (C(OH)–C–C–N with tert-alkyl or cyclic N) is 1. The number of aliphatic hydroxyl groups is 1. The number of pyridine rings is 1. The van der Waals surface area contributed by atoms with E-state index in [4.69, 9.17) is 4.74 Å². The molecular formula is C23H27N3O4. The number of hydrogen-bond donors (Lipinski definition) is 1. The summed E-state index contributed by atoms with van der Waals surface area (Å²) in [5.41, 5.74) is 0.992. The molecule has 0 saturated carbocycles. The molecule has 1 N–H and O–H groups in total. The van der Waals surface area contributed by atoms with E-state index in [2.05, 4.69) is 4.98 Å². The molecule has 158 valence electrons. The van der Waals surface area contributed by atoms with E-state index in [9.17, 15) is 14.7 Å². The van der Waals surface area contributed by atoms with Crippen LogP contribution in [0, 0.1) is 5.41 Å². The average molecular weight is 409 g/mol. The molecule has 0 radical (unpaired) electrons. The molecule has 2 aromatic rings. The average Bonchev–Trinajstić information content (AvgIpc) is 2.78. The van der Waals surface area contributed by atoms with Crippen LogP contribution in [0.5, 0.6) is 0 Å². The summed E-state index contributed by atoms with van der Waals surface area (Å²) in [7, 11) is 1.35. The Morgan fingerprint density at radius 3 is 2.57 bits per heavy atom. The van der Waals surface area contributed by atoms with Crippen LogP contribution in [0.1, 0.15) is 40.0 Å². The summed E-state index contributed by atoms with van der Waals surface area (Å²) in [4.78, 5) is 33.3. The molecule has 7 nitrogen and oxygen atoms in total. The number of carbonyl (C=O) groups excluding carboxylic acids is 2. The van der Waals surface area contributed by atoms with Crippen LogP contribution in [0.3, 0.4) is 0 Å². The van der Waals surface area contributed by atoms with Gasteiger partial charge in [-0.25, -0.2) is 9.78 Å². The number of rotatable bonds is 3. The summed E-state index contributed by atoms with van der Waals surface area (Å²) in [5.74, 6) is 0.164. The fraction of sp³-hybridized carbons (Fsp3) is 0.435. The minimum absolute atomic E-state index is 0.0522. The first-order chi connectivity index (χ1) is 14.5. The van der Waals surface area contributed by atoms with E-state index in [1.54, 1.807) is 18.3 Å². The summed E-state index contributed by atoms with van der Waals surface area (Å²) >= 11 is 0. The monoisotopic (exact) mass is 409 g/mol. The van der Waals surface area contributed by atoms with E-state index in [0.717, 1.165) is 12.8 Å². The number of piperidine rings is 2. The molecule has 2 aliphatic rings. The molecule has 1 spiro atoms. The van der Waals surface area contributed by atoms with Gasteiger partial charge in [-0.05, 0) is 48.9 Å². The highest BCUT2D eigenvalue weighted by atomic mass is 16.5. The quantitative estimate of drug-likeness (QED) is 0.784. The Balaban J connectivity index is 1.50. The number of anilines is 1. The van der Waals surface area contributed by atoms with Gasteiger partial charge in [0.15, 0.2) is 0 Å². The van der Waals surface area contributed by atoms with Crippen molar-refractivity contribution >= 4 is 17.7 Å². The van der Waals surface area contributed by atoms with Gasteiger partial charge in [-0.1, -0.05) is 18.2 Å². The second kappa shape index (κ2) is 8.44. The second-order valence-corrected chi connectivity index (χ2v) is 8.26. The zero-order valence-corrected chi connectivity index (χ0v) is 17.2. The van der Waals surface area contributed by atoms with Gasteiger partial charge in [0.2, 0.25) is 0 Å². The highest BCUT2D eigenvalue weighted by Gasteiger charge is 2.43. The summed E-state index contributed by atoms with van der Waals surface area (Å²) in [6.45, 7) is 2.43. The topological polar surface area (TPSA) is 83.0 Å². The van der Waals surface area contributed by atoms with Gasteiger partial charge in [-0.2, -0.15) is 0 Å². The number of amides is 1. The first-order valence-corrected chi connectivity index (χ1v) is 10.3. The first kappa shape index (κ1) is 20.3. The number of esters is 1. The smallest absolute Gasteiger partial charge is 0.341 e. The molecule has 1 amide bonds. The number of hydrogen-bond acceptors (Lipinski definition) is 6. The Kier molecular flexibility index (Phi) is 5.72. The van der Waals surface area contributed by atoms with Gasteiger partial charge in [0.25, 0.3) is 5.91 Å². The van der Waals surface area contributed by atoms with Crippen LogP contribution in [0.25, 0.3) is 0 Å². The van der Waals surface area contributed by atoms with Crippen LogP contribution in [0.15, 0.2) is 48.7 Å². The van der Waals surface area contributed by atoms with Gasteiger partial charge in [0.05, 0.1) is 13.2 Å². The predicted molar refractivity (Wildman–Crippen MR) is 112 cm³/mol. The lowest BCUT2D eigenvalue weighted by molar-refractivity contribution is 0.0244. The van der Waals surface area contributed by atoms with Crippen molar-refractivity contribution in [3.63, 3.8) is 0 Å². The lowest BCUT2D eigenvalue weighted by Crippen LogP contribution is -2.55. The van der Waals surface area contributed by atoms with Crippen molar-refractivity contribution in [2.45, 2.75) is 25.4 Å². The van der Waals surface area contributed by atoms with E-state index >= 15 is 0 Å². The zero-order valence-electron chi connectivity index (χ0n) is 17.2. The number of methoxy groups -OCH3 is 1. The molecule has 4 rings (SSSR count). The molecule has 1 unspecified atom stereocenters. The third-order valence-electron chi connectivity index (χ3n) is 6.25. The van der Waals surface area contributed by atoms with Crippen LogP contribution in [-0.2, 0) is 4.74 Å². The van der Waals surface area contributed by atoms with Crippen molar-refractivity contribution < 1.29 is 19.4 Å². The van der Waals surface area contributed by atoms with Gasteiger partial charge in [-0.15, -0.1) is 0 Å². The lowest BCUT2D eigenvalue weighted by Gasteiger charge is -2.49. The maximum absolute atomic E-state index is 12.8. The molecule has 1 aromatic heterocycles. The summed E-state index contributed by atoms with van der Waals surface area (Å²) < 4.78 is 4.90. The zero-order chi connectivity index (χ0) is 21.1. The van der Waals surface area contributed by atoms with Gasteiger partial charge >= 0.3 is 5.97 Å². The van der Waals surface area contributed by atoms with E-state index in [-0.39, 0.29) is 11.3 Å². The molecule has 2 fully saturated rings. The molecule has 2 saturated heterocycles. The van der Waals surface area contributed by atoms with Gasteiger partial charge in [0.1, 0.15) is 11.4 Å². The second-order valence-electron chi connectivity index (χ2n) is 8.26. The largest absolute Gasteiger partial charge is 0.465 e. The van der Waals surface area contributed by atoms with Crippen molar-refractivity contribution in [3.05, 3.63) is 59.8 Å². The van der Waals surface area contributed by atoms with E-state index in [0.29, 0.717) is 49.5 Å². The summed E-state index contributed by atoms with van der Waals surface area (Å²) in [6.07, 6.45) is 3.44. The maximum atomic E-state index is 12.8. The van der Waals surface area contributed by atoms with Crippen molar-refractivity contribution in [2.24, 2.45) is 5.41 Å². The molecule has 7 heteroatoms. The number of benzene rings is 1. The number of likely N-dealkylation sites (tertiary alicyclic amines) is 1. The van der Waals surface area contributed by atoms with E-state index in [1.807, 2.05) is 40.1 Å². The SMILES string of the molecule is COC(=O)c1cccnc1N1CC(O)CC2(CCN(C(=O)c3ccccc3)CC2)C1. The van der Waals surface area contributed by atoms with Crippen LogP contribution < -0.4 is 4.90 Å². The Hall–Kier alpha value is -2.93. The summed E-state index contributed by atoms with van der Waals surface area (Å²) in [5, 5.41) is 10.6. The molecule has 0 aliphatic carbocycles. The highest BCUT2D eigenvalue weighted by molar-refractivity contribution is 5.95. The van der Waals surface area contributed by atoms with Gasteiger partial charge < -0.3 is 19.6 Å². The maximum Gasteiger partial charge on any atom is 0.341 e. The molecule has 1 atom stereocenters. The first-order valence-electron chi connectivity index (χ1n) is 10.3. The molecule has 0 bridgehead atoms. The van der Waals surface area contributed by atoms with Crippen molar-refractivity contribution in [1.82, 2.24) is 9.88 Å². The Labute approximate surface area is 176 Å². The van der Waals surface area contributed by atoms with Crippen molar-refractivity contribution in [2.75, 3.05) is 38.2 Å². The molecule has 2 aliphatic heterocycles. The fourth-order valence-corrected chi connectivity index (χ4v) is 4.74. The van der Waals surface area contributed by atoms with E-state index in [1.165, 1.54) is 7.11 Å². The summed E-state index contributed by atoms with van der Waals surface area (Å²) in [6, 6.07) is 12.7. The minimum atomic E-state index is -0.511. The number of aromatic nitrogens is 1. The number of ether oxygens (including phenoxy) is 1. The Bertz CT molecular complexity index is 910. The van der Waals surface area contributed by atoms with Crippen molar-refractivity contribution in [3.8, 4) is 0 Å². The van der Waals surface area contributed by atoms with Crippen LogP contribution >= 0.6 is 0 Å². The normalized spacial score (nSPS) is 20.8. The minimum Gasteiger partial charge on any atom is -0.465 e. The van der Waals surface area contributed by atoms with E-state index < -0.39 is 12.1 Å². The highest BCUT2D eigenvalue weighted by Crippen LogP contribution is 2.41. The van der Waals surface area contributed by atoms with Gasteiger partial charge in [-0.3, -0.25) is 4.79 Å². The molecular weight excluding hydrogens is 382 g/mol. The molecule has 1 aromatic carbocycles. The third kappa shape index (κ3) is 4.03. The number of carbonyl (C=O) groups is 2. The Morgan fingerprint density at radius 2 is 1.87 bits per heavy atom. The Morgan fingerprint density at radius 1 is 1.13 bits per heavy atom. The lowest BCUT2D eigenvalue weighted by atomic mass is 9.71. The van der Waals surface area contributed by atoms with Gasteiger partial charge in [0, 0.05) is 37.9 Å². The van der Waals surface area contributed by atoms with Crippen molar-refractivity contribution in [1.29, 1.82) is 0 Å². The van der Waals surface area contributed by atoms with Crippen LogP contribution in [0.4, 0.5) is 5.82 Å². The molecule has 30 heavy (non-hydrogen) atoms. The molecule has 3 heterocycles. The standard InChI is InChI=1S/C23H27N3O4/c1-30-22(29)19-8-5-11-24-20(19)26-15-18(27)14-23(16-26)9-12-25(13-10-23)21(28)17-6-3-2-4-7-17/h2-8,11,18,27H,9-10,12-16H2,1H3. The number of aliphatic hydroxyl groups excluding tert-OH is 1. The fourth-order valence-electron chi connectivity index (χ4n) is 4.74. The number of nitrogens with zero attached hydrogens (tertiary/aromatic N) is 3. The predicted octanol–water partition coefficient (Wildman–Crippen LogP) is 2.36. The van der Waals surface area contributed by atoms with Crippen LogP contribution in [0.2, 0.25) is 0 Å². The van der Waals surface area contributed by atoms with Crippen LogP contribution in [-0.4, -0.2) is 66.3 Å².